The van der Waals surface area contributed by atoms with Gasteiger partial charge in [-0.05, 0) is 24.3 Å². The monoisotopic (exact) mass is 359 g/mol. The van der Waals surface area contributed by atoms with Crippen molar-refractivity contribution in [1.82, 2.24) is 24.4 Å². The highest BCUT2D eigenvalue weighted by atomic mass is 35.5. The molecule has 0 atom stereocenters. The summed E-state index contributed by atoms with van der Waals surface area (Å²) < 4.78 is 3.23. The van der Waals surface area contributed by atoms with E-state index in [9.17, 15) is 4.79 Å². The maximum Gasteiger partial charge on any atom is 0.276 e. The van der Waals surface area contributed by atoms with Gasteiger partial charge in [0.25, 0.3) is 5.56 Å². The number of aromatic nitrogens is 5. The summed E-state index contributed by atoms with van der Waals surface area (Å²) in [5.74, 6) is 0. The Morgan fingerprint density at radius 3 is 2.67 bits per heavy atom. The lowest BCUT2D eigenvalue weighted by atomic mass is 10.1. The molecule has 1 aromatic carbocycles. The number of halogens is 2. The Labute approximate surface area is 146 Å². The van der Waals surface area contributed by atoms with E-state index >= 15 is 0 Å². The van der Waals surface area contributed by atoms with Crippen LogP contribution in [0.1, 0.15) is 0 Å². The predicted molar refractivity (Wildman–Crippen MR) is 93.5 cm³/mol. The molecule has 3 heterocycles. The second-order valence-corrected chi connectivity index (χ2v) is 6.11. The molecule has 1 N–H and O–H groups in total. The van der Waals surface area contributed by atoms with Crippen molar-refractivity contribution in [3.05, 3.63) is 63.1 Å². The molecule has 4 rings (SSSR count). The van der Waals surface area contributed by atoms with E-state index in [1.807, 2.05) is 6.07 Å². The quantitative estimate of drug-likeness (QED) is 0.596. The number of aryl methyl sites for hydroxylation is 1. The molecule has 0 aliphatic rings. The number of hydrogen-bond acceptors (Lipinski definition) is 3. The topological polar surface area (TPSA) is 68.0 Å². The van der Waals surface area contributed by atoms with E-state index in [0.29, 0.717) is 32.6 Å². The Kier molecular flexibility index (Phi) is 3.44. The van der Waals surface area contributed by atoms with Crippen molar-refractivity contribution < 1.29 is 0 Å². The number of fused-ring (bicyclic) bond motifs is 1. The van der Waals surface area contributed by atoms with Gasteiger partial charge in [0.15, 0.2) is 5.65 Å². The van der Waals surface area contributed by atoms with Gasteiger partial charge in [0.1, 0.15) is 5.56 Å². The SMILES string of the molecule is Cn1nccc1-c1c(=O)[nH]n2ccc(-c3ccc(Cl)c(Cl)c3)nc12. The normalized spacial score (nSPS) is 11.3. The van der Waals surface area contributed by atoms with Crippen molar-refractivity contribution >= 4 is 28.8 Å². The van der Waals surface area contributed by atoms with E-state index in [0.717, 1.165) is 5.56 Å². The first-order chi connectivity index (χ1) is 11.5. The molecular weight excluding hydrogens is 349 g/mol. The summed E-state index contributed by atoms with van der Waals surface area (Å²) in [6, 6.07) is 8.88. The van der Waals surface area contributed by atoms with Crippen LogP contribution in [0.25, 0.3) is 28.2 Å². The zero-order chi connectivity index (χ0) is 16.8. The van der Waals surface area contributed by atoms with Crippen molar-refractivity contribution in [3.63, 3.8) is 0 Å². The van der Waals surface area contributed by atoms with Crippen LogP contribution in [0.5, 0.6) is 0 Å². The molecule has 3 aromatic heterocycles. The van der Waals surface area contributed by atoms with Crippen LogP contribution in [-0.2, 0) is 7.05 Å². The highest BCUT2D eigenvalue weighted by molar-refractivity contribution is 6.42. The van der Waals surface area contributed by atoms with Gasteiger partial charge in [0, 0.05) is 25.0 Å². The molecule has 24 heavy (non-hydrogen) atoms. The molecule has 8 heteroatoms. The van der Waals surface area contributed by atoms with E-state index < -0.39 is 0 Å². The average Bonchev–Trinajstić information content (AvgIpc) is 3.11. The molecule has 0 saturated carbocycles. The van der Waals surface area contributed by atoms with Gasteiger partial charge in [-0.1, -0.05) is 29.3 Å². The lowest BCUT2D eigenvalue weighted by Gasteiger charge is -2.05. The maximum atomic E-state index is 12.3. The fourth-order valence-corrected chi connectivity index (χ4v) is 2.92. The van der Waals surface area contributed by atoms with E-state index in [4.69, 9.17) is 23.2 Å². The van der Waals surface area contributed by atoms with Crippen LogP contribution in [0.3, 0.4) is 0 Å². The summed E-state index contributed by atoms with van der Waals surface area (Å²) in [4.78, 5) is 17.0. The van der Waals surface area contributed by atoms with Gasteiger partial charge in [-0.15, -0.1) is 0 Å². The fraction of sp³-hybridized carbons (Fsp3) is 0.0625. The van der Waals surface area contributed by atoms with Gasteiger partial charge in [-0.3, -0.25) is 14.6 Å². The molecule has 0 aliphatic carbocycles. The minimum atomic E-state index is -0.225. The van der Waals surface area contributed by atoms with Crippen LogP contribution >= 0.6 is 23.2 Å². The highest BCUT2D eigenvalue weighted by Crippen LogP contribution is 2.28. The maximum absolute atomic E-state index is 12.3. The Morgan fingerprint density at radius 1 is 1.12 bits per heavy atom. The third-order valence-electron chi connectivity index (χ3n) is 3.80. The third kappa shape index (κ3) is 2.31. The minimum Gasteiger partial charge on any atom is -0.268 e. The average molecular weight is 360 g/mol. The molecule has 120 valence electrons. The van der Waals surface area contributed by atoms with Crippen molar-refractivity contribution in [3.8, 4) is 22.5 Å². The number of hydrogen-bond donors (Lipinski definition) is 1. The number of rotatable bonds is 2. The minimum absolute atomic E-state index is 0.225. The fourth-order valence-electron chi connectivity index (χ4n) is 2.62. The summed E-state index contributed by atoms with van der Waals surface area (Å²) in [7, 11) is 1.78. The van der Waals surface area contributed by atoms with Gasteiger partial charge in [-0.25, -0.2) is 9.50 Å². The third-order valence-corrected chi connectivity index (χ3v) is 4.54. The van der Waals surface area contributed by atoms with Gasteiger partial charge in [0.05, 0.1) is 21.4 Å². The molecule has 0 bridgehead atoms. The first-order valence-electron chi connectivity index (χ1n) is 7.10. The number of aromatic amines is 1. The van der Waals surface area contributed by atoms with Crippen molar-refractivity contribution in [1.29, 1.82) is 0 Å². The first kappa shape index (κ1) is 15.0. The van der Waals surface area contributed by atoms with Crippen molar-refractivity contribution in [2.75, 3.05) is 0 Å². The number of nitrogens with zero attached hydrogens (tertiary/aromatic N) is 4. The summed E-state index contributed by atoms with van der Waals surface area (Å²) in [5.41, 5.74) is 2.96. The number of H-pyrrole nitrogens is 1. The van der Waals surface area contributed by atoms with Gasteiger partial charge < -0.3 is 0 Å². The first-order valence-corrected chi connectivity index (χ1v) is 7.85. The van der Waals surface area contributed by atoms with Crippen LogP contribution in [0.4, 0.5) is 0 Å². The lowest BCUT2D eigenvalue weighted by molar-refractivity contribution is 0.775. The number of nitrogens with one attached hydrogen (secondary N) is 1. The summed E-state index contributed by atoms with van der Waals surface area (Å²) in [5, 5.41) is 7.80. The Balaban J connectivity index is 1.96. The number of benzene rings is 1. The van der Waals surface area contributed by atoms with Gasteiger partial charge in [-0.2, -0.15) is 5.10 Å². The molecule has 0 radical (unpaired) electrons. The van der Waals surface area contributed by atoms with E-state index in [1.165, 1.54) is 0 Å². The van der Waals surface area contributed by atoms with Crippen LogP contribution in [0.15, 0.2) is 47.5 Å². The molecule has 4 aromatic rings. The predicted octanol–water partition coefficient (Wildman–Crippen LogP) is 3.40. The largest absolute Gasteiger partial charge is 0.276 e. The highest BCUT2D eigenvalue weighted by Gasteiger charge is 2.16. The zero-order valence-electron chi connectivity index (χ0n) is 12.5. The molecule has 0 amide bonds. The standard InChI is InChI=1S/C16H11Cl2N5O/c1-22-13(4-6-19-22)14-15-20-12(5-7-23(15)21-16(14)24)9-2-3-10(17)11(18)8-9/h2-8H,1H3,(H,21,24). The molecule has 0 spiro atoms. The zero-order valence-corrected chi connectivity index (χ0v) is 14.0. The Bertz CT molecular complexity index is 1130. The molecule has 0 fully saturated rings. The van der Waals surface area contributed by atoms with E-state index in [1.54, 1.807) is 52.9 Å². The summed E-state index contributed by atoms with van der Waals surface area (Å²) in [6.07, 6.45) is 3.39. The van der Waals surface area contributed by atoms with E-state index in [-0.39, 0.29) is 5.56 Å². The van der Waals surface area contributed by atoms with Gasteiger partial charge in [0.2, 0.25) is 0 Å². The smallest absolute Gasteiger partial charge is 0.268 e. The van der Waals surface area contributed by atoms with Crippen molar-refractivity contribution in [2.45, 2.75) is 0 Å². The van der Waals surface area contributed by atoms with Gasteiger partial charge >= 0.3 is 0 Å². The lowest BCUT2D eigenvalue weighted by Crippen LogP contribution is -2.05. The van der Waals surface area contributed by atoms with Crippen LogP contribution in [-0.4, -0.2) is 24.4 Å². The summed E-state index contributed by atoms with van der Waals surface area (Å²) in [6.45, 7) is 0. The Hall–Kier alpha value is -2.57. The summed E-state index contributed by atoms with van der Waals surface area (Å²) >= 11 is 12.1. The second-order valence-electron chi connectivity index (χ2n) is 5.29. The second kappa shape index (κ2) is 5.51. The van der Waals surface area contributed by atoms with Crippen LogP contribution in [0, 0.1) is 0 Å². The van der Waals surface area contributed by atoms with E-state index in [2.05, 4.69) is 15.2 Å². The molecule has 6 nitrogen and oxygen atoms in total. The molecule has 0 saturated heterocycles. The van der Waals surface area contributed by atoms with Crippen LogP contribution < -0.4 is 5.56 Å². The van der Waals surface area contributed by atoms with Crippen LogP contribution in [0.2, 0.25) is 10.0 Å². The van der Waals surface area contributed by atoms with Crippen molar-refractivity contribution in [2.24, 2.45) is 7.05 Å². The Morgan fingerprint density at radius 2 is 1.96 bits per heavy atom. The molecular formula is C16H11Cl2N5O. The molecule has 0 unspecified atom stereocenters. The molecule has 0 aliphatic heterocycles.